The van der Waals surface area contributed by atoms with Gasteiger partial charge in [-0.1, -0.05) is 26.2 Å². The highest BCUT2D eigenvalue weighted by molar-refractivity contribution is 4.99. The van der Waals surface area contributed by atoms with Gasteiger partial charge >= 0.3 is 6.18 Å². The normalized spacial score (nSPS) is 41.0. The van der Waals surface area contributed by atoms with Gasteiger partial charge in [-0.2, -0.15) is 13.2 Å². The quantitative estimate of drug-likeness (QED) is 0.754. The van der Waals surface area contributed by atoms with Gasteiger partial charge in [-0.05, 0) is 49.9 Å². The predicted octanol–water partition coefficient (Wildman–Crippen LogP) is 4.15. The van der Waals surface area contributed by atoms with Crippen LogP contribution in [0.3, 0.4) is 0 Å². The van der Waals surface area contributed by atoms with E-state index in [1.54, 1.807) is 0 Å². The summed E-state index contributed by atoms with van der Waals surface area (Å²) < 4.78 is 39.1. The van der Waals surface area contributed by atoms with Crippen molar-refractivity contribution in [1.29, 1.82) is 0 Å². The van der Waals surface area contributed by atoms with Crippen LogP contribution in [0.1, 0.15) is 52.4 Å². The largest absolute Gasteiger partial charge is 0.417 e. The summed E-state index contributed by atoms with van der Waals surface area (Å²) in [6.07, 6.45) is 0.847. The Balaban J connectivity index is 2.22. The molecular formula is C14H23F3O. The standard InChI is InChI=1S/C14H23F3O/c1-9-7-8-12(13(2,18)14(15,16)17)11-6-4-3-5-10(9)11/h9-12,18H,3-8H2,1-2H3/t9-,10?,11?,12?,13?/m0/s1. The monoisotopic (exact) mass is 264 g/mol. The Morgan fingerprint density at radius 3 is 2.06 bits per heavy atom. The molecule has 0 amide bonds. The predicted molar refractivity (Wildman–Crippen MR) is 64.0 cm³/mol. The van der Waals surface area contributed by atoms with E-state index in [9.17, 15) is 18.3 Å². The molecule has 0 aliphatic heterocycles. The SMILES string of the molecule is C[C@H]1CCC(C(C)(O)C(F)(F)F)C2CCCCC21. The van der Waals surface area contributed by atoms with Crippen molar-refractivity contribution >= 4 is 0 Å². The minimum absolute atomic E-state index is 0.0547. The summed E-state index contributed by atoms with van der Waals surface area (Å²) >= 11 is 0. The Hall–Kier alpha value is -0.250. The molecule has 0 bridgehead atoms. The maximum absolute atomic E-state index is 13.0. The minimum Gasteiger partial charge on any atom is -0.380 e. The van der Waals surface area contributed by atoms with Crippen molar-refractivity contribution in [1.82, 2.24) is 0 Å². The molecule has 0 saturated heterocycles. The van der Waals surface area contributed by atoms with Gasteiger partial charge in [0.15, 0.2) is 5.60 Å². The van der Waals surface area contributed by atoms with E-state index >= 15 is 0 Å². The number of fused-ring (bicyclic) bond motifs is 1. The lowest BCUT2D eigenvalue weighted by Crippen LogP contribution is -2.54. The Labute approximate surface area is 107 Å². The van der Waals surface area contributed by atoms with Gasteiger partial charge in [0.1, 0.15) is 0 Å². The lowest BCUT2D eigenvalue weighted by atomic mass is 9.58. The van der Waals surface area contributed by atoms with Gasteiger partial charge < -0.3 is 5.11 Å². The lowest BCUT2D eigenvalue weighted by molar-refractivity contribution is -0.285. The molecule has 4 unspecified atom stereocenters. The molecule has 2 aliphatic carbocycles. The third-order valence-corrected chi connectivity index (χ3v) is 5.35. The molecule has 0 aromatic carbocycles. The molecule has 1 nitrogen and oxygen atoms in total. The Morgan fingerprint density at radius 2 is 1.50 bits per heavy atom. The van der Waals surface area contributed by atoms with E-state index in [2.05, 4.69) is 6.92 Å². The molecule has 0 aromatic rings. The van der Waals surface area contributed by atoms with Crippen molar-refractivity contribution in [2.75, 3.05) is 0 Å². The van der Waals surface area contributed by atoms with Gasteiger partial charge in [-0.25, -0.2) is 0 Å². The van der Waals surface area contributed by atoms with Crippen molar-refractivity contribution < 1.29 is 18.3 Å². The van der Waals surface area contributed by atoms with Crippen LogP contribution in [0.25, 0.3) is 0 Å². The zero-order valence-corrected chi connectivity index (χ0v) is 11.1. The van der Waals surface area contributed by atoms with Gasteiger partial charge in [-0.15, -0.1) is 0 Å². The third kappa shape index (κ3) is 2.28. The van der Waals surface area contributed by atoms with Crippen LogP contribution in [0.2, 0.25) is 0 Å². The molecule has 18 heavy (non-hydrogen) atoms. The summed E-state index contributed by atoms with van der Waals surface area (Å²) in [5.41, 5.74) is -2.52. The smallest absolute Gasteiger partial charge is 0.380 e. The van der Waals surface area contributed by atoms with Crippen LogP contribution in [0, 0.1) is 23.7 Å². The second-order valence-corrected chi connectivity index (χ2v) is 6.42. The molecule has 2 aliphatic rings. The second-order valence-electron chi connectivity index (χ2n) is 6.42. The number of hydrogen-bond acceptors (Lipinski definition) is 1. The van der Waals surface area contributed by atoms with Crippen molar-refractivity contribution in [2.24, 2.45) is 23.7 Å². The van der Waals surface area contributed by atoms with Gasteiger partial charge in [0.2, 0.25) is 0 Å². The van der Waals surface area contributed by atoms with Crippen molar-refractivity contribution in [3.05, 3.63) is 0 Å². The summed E-state index contributed by atoms with van der Waals surface area (Å²) in [5.74, 6) is 0.333. The zero-order valence-electron chi connectivity index (χ0n) is 11.1. The van der Waals surface area contributed by atoms with E-state index in [0.29, 0.717) is 18.3 Å². The van der Waals surface area contributed by atoms with Gasteiger partial charge in [0, 0.05) is 0 Å². The average molecular weight is 264 g/mol. The molecule has 2 saturated carbocycles. The van der Waals surface area contributed by atoms with Crippen LogP contribution in [0.5, 0.6) is 0 Å². The highest BCUT2D eigenvalue weighted by Gasteiger charge is 2.58. The summed E-state index contributed by atoms with van der Waals surface area (Å²) in [4.78, 5) is 0. The first kappa shape index (κ1) is 14.2. The van der Waals surface area contributed by atoms with E-state index < -0.39 is 17.7 Å². The van der Waals surface area contributed by atoms with Crippen molar-refractivity contribution in [2.45, 2.75) is 64.1 Å². The summed E-state index contributed by atoms with van der Waals surface area (Å²) in [6, 6.07) is 0. The molecule has 2 fully saturated rings. The van der Waals surface area contributed by atoms with Gasteiger partial charge in [0.25, 0.3) is 0 Å². The molecule has 0 aromatic heterocycles. The summed E-state index contributed by atoms with van der Waals surface area (Å²) in [5, 5.41) is 9.98. The molecule has 1 N–H and O–H groups in total. The molecule has 106 valence electrons. The highest BCUT2D eigenvalue weighted by atomic mass is 19.4. The molecule has 0 heterocycles. The maximum atomic E-state index is 13.0. The van der Waals surface area contributed by atoms with E-state index in [1.165, 1.54) is 0 Å². The van der Waals surface area contributed by atoms with E-state index in [4.69, 9.17) is 0 Å². The Morgan fingerprint density at radius 1 is 0.944 bits per heavy atom. The lowest BCUT2D eigenvalue weighted by Gasteiger charge is -2.50. The van der Waals surface area contributed by atoms with Crippen LogP contribution in [0.4, 0.5) is 13.2 Å². The zero-order chi connectivity index (χ0) is 13.6. The van der Waals surface area contributed by atoms with E-state index in [0.717, 1.165) is 39.0 Å². The number of rotatable bonds is 1. The van der Waals surface area contributed by atoms with Crippen LogP contribution in [-0.2, 0) is 0 Å². The highest BCUT2D eigenvalue weighted by Crippen LogP contribution is 2.53. The number of halogens is 3. The summed E-state index contributed by atoms with van der Waals surface area (Å²) in [6.45, 7) is 3.13. The van der Waals surface area contributed by atoms with Crippen LogP contribution in [-0.4, -0.2) is 16.9 Å². The molecule has 5 atom stereocenters. The van der Waals surface area contributed by atoms with Crippen LogP contribution >= 0.6 is 0 Å². The van der Waals surface area contributed by atoms with Crippen LogP contribution in [0.15, 0.2) is 0 Å². The summed E-state index contributed by atoms with van der Waals surface area (Å²) in [7, 11) is 0. The van der Waals surface area contributed by atoms with Crippen molar-refractivity contribution in [3.8, 4) is 0 Å². The Bertz CT molecular complexity index is 298. The van der Waals surface area contributed by atoms with E-state index in [1.807, 2.05) is 0 Å². The molecule has 4 heteroatoms. The topological polar surface area (TPSA) is 20.2 Å². The minimum atomic E-state index is -4.51. The maximum Gasteiger partial charge on any atom is 0.417 e. The van der Waals surface area contributed by atoms with Gasteiger partial charge in [0.05, 0.1) is 0 Å². The van der Waals surface area contributed by atoms with Gasteiger partial charge in [-0.3, -0.25) is 0 Å². The molecule has 0 spiro atoms. The molecule has 2 rings (SSSR count). The third-order valence-electron chi connectivity index (χ3n) is 5.35. The van der Waals surface area contributed by atoms with Crippen molar-refractivity contribution in [3.63, 3.8) is 0 Å². The average Bonchev–Trinajstić information content (AvgIpc) is 2.28. The first-order valence-corrected chi connectivity index (χ1v) is 7.04. The molecular weight excluding hydrogens is 241 g/mol. The fourth-order valence-electron chi connectivity index (χ4n) is 4.17. The fraction of sp³-hybridized carbons (Fsp3) is 1.00. The van der Waals surface area contributed by atoms with E-state index in [-0.39, 0.29) is 5.92 Å². The Kier molecular flexibility index (Phi) is 3.69. The number of aliphatic hydroxyl groups is 1. The second kappa shape index (κ2) is 4.69. The number of hydrogen-bond donors (Lipinski definition) is 1. The number of alkyl halides is 3. The molecule has 0 radical (unpaired) electrons. The first-order chi connectivity index (χ1) is 8.25. The van der Waals surface area contributed by atoms with Crippen LogP contribution < -0.4 is 0 Å². The first-order valence-electron chi connectivity index (χ1n) is 7.04. The fourth-order valence-corrected chi connectivity index (χ4v) is 4.17.